The van der Waals surface area contributed by atoms with Crippen LogP contribution >= 0.6 is 27.3 Å². The lowest BCUT2D eigenvalue weighted by molar-refractivity contribution is 0.277. The Bertz CT molecular complexity index is 633. The topological polar surface area (TPSA) is 82.2 Å². The molecule has 8 heteroatoms. The molecular weight excluding hydrogens is 340 g/mol. The summed E-state index contributed by atoms with van der Waals surface area (Å²) in [7, 11) is -3.54. The zero-order valence-electron chi connectivity index (χ0n) is 9.18. The molecule has 2 aromatic rings. The van der Waals surface area contributed by atoms with Gasteiger partial charge in [-0.05, 0) is 28.1 Å². The Kier molecular flexibility index (Phi) is 4.23. The first-order valence-electron chi connectivity index (χ1n) is 5.02. The number of hydrogen-bond donors (Lipinski definition) is 3. The largest absolute Gasteiger partial charge is 0.390 e. The summed E-state index contributed by atoms with van der Waals surface area (Å²) in [6, 6.07) is 3.27. The van der Waals surface area contributed by atoms with Gasteiger partial charge in [0, 0.05) is 33.2 Å². The fourth-order valence-corrected chi connectivity index (χ4v) is 3.87. The predicted molar refractivity (Wildman–Crippen MR) is 72.8 cm³/mol. The van der Waals surface area contributed by atoms with Crippen LogP contribution in [-0.4, -0.2) is 18.5 Å². The molecule has 0 radical (unpaired) electrons. The van der Waals surface area contributed by atoms with Crippen molar-refractivity contribution in [2.75, 3.05) is 0 Å². The first kappa shape index (κ1) is 13.8. The number of nitrogens with one attached hydrogen (secondary N) is 2. The normalized spacial score (nSPS) is 11.9. The fourth-order valence-electron chi connectivity index (χ4n) is 1.36. The summed E-state index contributed by atoms with van der Waals surface area (Å²) in [6.45, 7) is 0.0334. The van der Waals surface area contributed by atoms with Gasteiger partial charge in [-0.2, -0.15) is 0 Å². The van der Waals surface area contributed by atoms with Crippen molar-refractivity contribution in [3.63, 3.8) is 0 Å². The average molecular weight is 351 g/mol. The summed E-state index contributed by atoms with van der Waals surface area (Å²) in [5.41, 5.74) is 0.467. The molecule has 98 valence electrons. The van der Waals surface area contributed by atoms with E-state index in [2.05, 4.69) is 25.6 Å². The molecule has 0 fully saturated rings. The Morgan fingerprint density at radius 1 is 1.44 bits per heavy atom. The number of H-pyrrole nitrogens is 1. The maximum atomic E-state index is 11.9. The second-order valence-electron chi connectivity index (χ2n) is 3.57. The summed E-state index contributed by atoms with van der Waals surface area (Å²) in [6.07, 6.45) is 1.36. The van der Waals surface area contributed by atoms with E-state index in [4.69, 9.17) is 5.11 Å². The number of thiophene rings is 1. The van der Waals surface area contributed by atoms with Crippen LogP contribution in [0.25, 0.3) is 0 Å². The molecule has 2 rings (SSSR count). The number of aliphatic hydroxyl groups is 1. The van der Waals surface area contributed by atoms with Crippen LogP contribution in [0.15, 0.2) is 33.1 Å². The highest BCUT2D eigenvalue weighted by molar-refractivity contribution is 9.10. The number of rotatable bonds is 5. The molecule has 0 bridgehead atoms. The molecule has 0 aliphatic heterocycles. The Labute approximate surface area is 117 Å². The van der Waals surface area contributed by atoms with Crippen molar-refractivity contribution < 1.29 is 13.5 Å². The van der Waals surface area contributed by atoms with Crippen molar-refractivity contribution in [3.05, 3.63) is 38.8 Å². The molecular formula is C10H11BrN2O3S2. The molecule has 18 heavy (non-hydrogen) atoms. The van der Waals surface area contributed by atoms with Crippen molar-refractivity contribution >= 4 is 37.3 Å². The summed E-state index contributed by atoms with van der Waals surface area (Å²) < 4.78 is 27.3. The highest BCUT2D eigenvalue weighted by Gasteiger charge is 2.15. The average Bonchev–Trinajstić information content (AvgIpc) is 2.95. The van der Waals surface area contributed by atoms with Gasteiger partial charge in [0.05, 0.1) is 11.5 Å². The van der Waals surface area contributed by atoms with Crippen LogP contribution in [-0.2, 0) is 23.2 Å². The van der Waals surface area contributed by atoms with Crippen molar-refractivity contribution in [3.8, 4) is 0 Å². The maximum absolute atomic E-state index is 11.9. The van der Waals surface area contributed by atoms with Gasteiger partial charge < -0.3 is 10.1 Å². The Morgan fingerprint density at radius 2 is 2.22 bits per heavy atom. The second-order valence-corrected chi connectivity index (χ2v) is 7.25. The molecule has 3 N–H and O–H groups in total. The van der Waals surface area contributed by atoms with E-state index in [-0.39, 0.29) is 18.0 Å². The van der Waals surface area contributed by atoms with Gasteiger partial charge in [-0.1, -0.05) is 0 Å². The Hall–Kier alpha value is -0.670. The van der Waals surface area contributed by atoms with Crippen LogP contribution in [0.3, 0.4) is 0 Å². The van der Waals surface area contributed by atoms with Gasteiger partial charge in [0.2, 0.25) is 10.0 Å². The first-order valence-corrected chi connectivity index (χ1v) is 8.17. The van der Waals surface area contributed by atoms with Crippen molar-refractivity contribution in [2.45, 2.75) is 18.0 Å². The van der Waals surface area contributed by atoms with Gasteiger partial charge in [0.15, 0.2) is 0 Å². The van der Waals surface area contributed by atoms with Gasteiger partial charge in [-0.3, -0.25) is 0 Å². The van der Waals surface area contributed by atoms with Crippen LogP contribution in [0.5, 0.6) is 0 Å². The van der Waals surface area contributed by atoms with Gasteiger partial charge in [-0.15, -0.1) is 11.3 Å². The molecule has 0 spiro atoms. The third-order valence-electron chi connectivity index (χ3n) is 2.26. The molecule has 0 aliphatic rings. The highest BCUT2D eigenvalue weighted by atomic mass is 79.9. The van der Waals surface area contributed by atoms with E-state index in [1.807, 2.05) is 11.4 Å². The molecule has 0 aliphatic carbocycles. The molecule has 0 aromatic carbocycles. The van der Waals surface area contributed by atoms with E-state index in [1.54, 1.807) is 0 Å². The number of aromatic amines is 1. The van der Waals surface area contributed by atoms with E-state index in [0.717, 1.165) is 9.35 Å². The number of hydrogen-bond acceptors (Lipinski definition) is 4. The van der Waals surface area contributed by atoms with Crippen molar-refractivity contribution in [1.29, 1.82) is 0 Å². The van der Waals surface area contributed by atoms with Crippen LogP contribution in [0.4, 0.5) is 0 Å². The quantitative estimate of drug-likeness (QED) is 0.768. The van der Waals surface area contributed by atoms with Crippen LogP contribution in [0.1, 0.15) is 10.6 Å². The Morgan fingerprint density at radius 3 is 2.78 bits per heavy atom. The second kappa shape index (κ2) is 5.54. The summed E-state index contributed by atoms with van der Waals surface area (Å²) in [5.74, 6) is 0. The van der Waals surface area contributed by atoms with Crippen molar-refractivity contribution in [2.24, 2.45) is 0 Å². The monoisotopic (exact) mass is 350 g/mol. The zero-order valence-corrected chi connectivity index (χ0v) is 12.4. The summed E-state index contributed by atoms with van der Waals surface area (Å²) in [5, 5.41) is 10.8. The Balaban J connectivity index is 2.07. The molecule has 5 nitrogen and oxygen atoms in total. The first-order chi connectivity index (χ1) is 8.51. The number of halogens is 1. The summed E-state index contributed by atoms with van der Waals surface area (Å²) >= 11 is 4.78. The number of aromatic nitrogens is 1. The zero-order chi connectivity index (χ0) is 13.2. The maximum Gasteiger partial charge on any atom is 0.242 e. The molecule has 0 saturated heterocycles. The van der Waals surface area contributed by atoms with E-state index in [0.29, 0.717) is 5.69 Å². The third kappa shape index (κ3) is 3.21. The van der Waals surface area contributed by atoms with E-state index >= 15 is 0 Å². The third-order valence-corrected chi connectivity index (χ3v) is 5.33. The molecule has 0 saturated carbocycles. The van der Waals surface area contributed by atoms with Crippen LogP contribution < -0.4 is 4.72 Å². The highest BCUT2D eigenvalue weighted by Crippen LogP contribution is 2.20. The van der Waals surface area contributed by atoms with E-state index in [9.17, 15) is 8.42 Å². The lowest BCUT2D eigenvalue weighted by Gasteiger charge is -2.02. The van der Waals surface area contributed by atoms with E-state index in [1.165, 1.54) is 23.6 Å². The molecule has 0 atom stereocenters. The predicted octanol–water partition coefficient (Wildman–Crippen LogP) is 1.81. The minimum Gasteiger partial charge on any atom is -0.390 e. The smallest absolute Gasteiger partial charge is 0.242 e. The minimum atomic E-state index is -3.54. The molecule has 0 unspecified atom stereocenters. The molecule has 0 amide bonds. The number of sulfonamides is 1. The molecule has 2 aromatic heterocycles. The van der Waals surface area contributed by atoms with Crippen LogP contribution in [0.2, 0.25) is 0 Å². The lowest BCUT2D eigenvalue weighted by Crippen LogP contribution is -2.22. The number of aliphatic hydroxyl groups excluding tert-OH is 1. The lowest BCUT2D eigenvalue weighted by atomic mass is 10.5. The minimum absolute atomic E-state index is 0.127. The summed E-state index contributed by atoms with van der Waals surface area (Å²) in [4.78, 5) is 3.74. The van der Waals surface area contributed by atoms with Crippen LogP contribution in [0, 0.1) is 0 Å². The molecule has 2 heterocycles. The SMILES string of the molecule is O=S(=O)(NCc1cc(Br)cs1)c1c[nH]c(CO)c1. The standard InChI is InChI=1S/C10H11BrN2O3S2/c11-7-1-9(17-6-7)3-13-18(15,16)10-2-8(5-14)12-4-10/h1-2,4,6,12-14H,3,5H2. The fraction of sp³-hybridized carbons (Fsp3) is 0.200. The van der Waals surface area contributed by atoms with Gasteiger partial charge in [0.1, 0.15) is 0 Å². The van der Waals surface area contributed by atoms with Gasteiger partial charge in [0.25, 0.3) is 0 Å². The van der Waals surface area contributed by atoms with Gasteiger partial charge >= 0.3 is 0 Å². The van der Waals surface area contributed by atoms with Gasteiger partial charge in [-0.25, -0.2) is 13.1 Å². The van der Waals surface area contributed by atoms with Crippen molar-refractivity contribution in [1.82, 2.24) is 9.71 Å². The van der Waals surface area contributed by atoms with E-state index < -0.39 is 10.0 Å².